The second-order valence-electron chi connectivity index (χ2n) is 5.04. The zero-order valence-electron chi connectivity index (χ0n) is 13.9. The molecule has 0 bridgehead atoms. The molecule has 0 aliphatic rings. The minimum absolute atomic E-state index is 0.0991. The van der Waals surface area contributed by atoms with E-state index in [1.165, 1.54) is 26.4 Å². The van der Waals surface area contributed by atoms with Crippen molar-refractivity contribution < 1.29 is 28.2 Å². The van der Waals surface area contributed by atoms with Crippen LogP contribution in [0.2, 0.25) is 0 Å². The van der Waals surface area contributed by atoms with Crippen molar-refractivity contribution in [2.45, 2.75) is 6.61 Å². The smallest absolute Gasteiger partial charge is 0.325 e. The van der Waals surface area contributed by atoms with Crippen LogP contribution < -0.4 is 14.8 Å². The predicted octanol–water partition coefficient (Wildman–Crippen LogP) is 2.32. The van der Waals surface area contributed by atoms with Gasteiger partial charge in [0.05, 0.1) is 14.2 Å². The average Bonchev–Trinajstić information content (AvgIpc) is 2.64. The molecule has 2 rings (SSSR count). The topological polar surface area (TPSA) is 73.9 Å². The summed E-state index contributed by atoms with van der Waals surface area (Å²) in [5, 5.41) is 2.45. The van der Waals surface area contributed by atoms with Gasteiger partial charge in [0, 0.05) is 5.56 Å². The molecule has 0 fully saturated rings. The zero-order valence-corrected chi connectivity index (χ0v) is 13.9. The minimum atomic E-state index is -0.627. The van der Waals surface area contributed by atoms with E-state index in [0.717, 1.165) is 0 Å². The number of amides is 1. The van der Waals surface area contributed by atoms with Crippen LogP contribution in [0.15, 0.2) is 42.5 Å². The highest BCUT2D eigenvalue weighted by Gasteiger charge is 2.10. The summed E-state index contributed by atoms with van der Waals surface area (Å²) in [6, 6.07) is 10.7. The van der Waals surface area contributed by atoms with Gasteiger partial charge in [-0.15, -0.1) is 0 Å². The number of ether oxygens (including phenoxy) is 3. The SMILES string of the molecule is COc1ccc(C(=O)NCC(=O)OCc2ccc(OC)c(F)c2)cc1. The molecule has 0 aliphatic carbocycles. The van der Waals surface area contributed by atoms with Crippen LogP contribution in [-0.4, -0.2) is 32.6 Å². The number of rotatable bonds is 7. The number of nitrogens with one attached hydrogen (secondary N) is 1. The van der Waals surface area contributed by atoms with Gasteiger partial charge in [-0.05, 0) is 42.0 Å². The maximum absolute atomic E-state index is 13.5. The molecular formula is C18H18FNO5. The van der Waals surface area contributed by atoms with Gasteiger partial charge in [-0.3, -0.25) is 9.59 Å². The Morgan fingerprint density at radius 1 is 1.04 bits per heavy atom. The van der Waals surface area contributed by atoms with E-state index in [9.17, 15) is 14.0 Å². The molecule has 0 saturated carbocycles. The lowest BCUT2D eigenvalue weighted by molar-refractivity contribution is -0.143. The molecule has 0 heterocycles. The van der Waals surface area contributed by atoms with Crippen molar-refractivity contribution in [3.8, 4) is 11.5 Å². The quantitative estimate of drug-likeness (QED) is 0.778. The van der Waals surface area contributed by atoms with Crippen molar-refractivity contribution in [1.29, 1.82) is 0 Å². The van der Waals surface area contributed by atoms with Crippen molar-refractivity contribution >= 4 is 11.9 Å². The third kappa shape index (κ3) is 5.20. The van der Waals surface area contributed by atoms with Crippen LogP contribution in [0.1, 0.15) is 15.9 Å². The van der Waals surface area contributed by atoms with E-state index in [2.05, 4.69) is 5.32 Å². The van der Waals surface area contributed by atoms with Crippen LogP contribution in [0.4, 0.5) is 4.39 Å². The molecule has 1 N–H and O–H groups in total. The van der Waals surface area contributed by atoms with Crippen molar-refractivity contribution in [1.82, 2.24) is 5.32 Å². The van der Waals surface area contributed by atoms with Crippen molar-refractivity contribution in [3.63, 3.8) is 0 Å². The van der Waals surface area contributed by atoms with Gasteiger partial charge in [-0.1, -0.05) is 6.07 Å². The molecule has 0 spiro atoms. The first-order chi connectivity index (χ1) is 12.0. The van der Waals surface area contributed by atoms with Gasteiger partial charge in [-0.25, -0.2) is 4.39 Å². The molecule has 1 amide bonds. The van der Waals surface area contributed by atoms with Gasteiger partial charge in [0.1, 0.15) is 18.9 Å². The van der Waals surface area contributed by atoms with E-state index in [0.29, 0.717) is 16.9 Å². The van der Waals surface area contributed by atoms with Gasteiger partial charge < -0.3 is 19.5 Å². The fraction of sp³-hybridized carbons (Fsp3) is 0.222. The van der Waals surface area contributed by atoms with Gasteiger partial charge in [0.25, 0.3) is 5.91 Å². The van der Waals surface area contributed by atoms with E-state index in [1.54, 1.807) is 30.3 Å². The van der Waals surface area contributed by atoms with Crippen molar-refractivity contribution in [2.75, 3.05) is 20.8 Å². The van der Waals surface area contributed by atoms with E-state index in [4.69, 9.17) is 14.2 Å². The standard InChI is InChI=1S/C18H18FNO5/c1-23-14-6-4-13(5-7-14)18(22)20-10-17(21)25-11-12-3-8-16(24-2)15(19)9-12/h3-9H,10-11H2,1-2H3,(H,20,22). The largest absolute Gasteiger partial charge is 0.497 e. The third-order valence-electron chi connectivity index (χ3n) is 3.36. The monoisotopic (exact) mass is 347 g/mol. The number of benzene rings is 2. The highest BCUT2D eigenvalue weighted by Crippen LogP contribution is 2.18. The highest BCUT2D eigenvalue weighted by molar-refractivity contribution is 5.96. The summed E-state index contributed by atoms with van der Waals surface area (Å²) in [7, 11) is 2.89. The molecule has 6 nitrogen and oxygen atoms in total. The Hall–Kier alpha value is -3.09. The Labute approximate surface area is 144 Å². The first-order valence-corrected chi connectivity index (χ1v) is 7.43. The van der Waals surface area contributed by atoms with Crippen molar-refractivity contribution in [3.05, 3.63) is 59.4 Å². The molecule has 0 aromatic heterocycles. The number of carbonyl (C=O) groups excluding carboxylic acids is 2. The predicted molar refractivity (Wildman–Crippen MR) is 88.1 cm³/mol. The van der Waals surface area contributed by atoms with Crippen molar-refractivity contribution in [2.24, 2.45) is 0 Å². The molecule has 0 radical (unpaired) electrons. The van der Waals surface area contributed by atoms with E-state index in [1.807, 2.05) is 0 Å². The Bertz CT molecular complexity index is 746. The van der Waals surface area contributed by atoms with E-state index in [-0.39, 0.29) is 18.9 Å². The number of carbonyl (C=O) groups is 2. The Kier molecular flexibility index (Phi) is 6.33. The van der Waals surface area contributed by atoms with Gasteiger partial charge in [-0.2, -0.15) is 0 Å². The molecule has 0 unspecified atom stereocenters. The maximum Gasteiger partial charge on any atom is 0.325 e. The van der Waals surface area contributed by atoms with Crippen LogP contribution in [0.5, 0.6) is 11.5 Å². The lowest BCUT2D eigenvalue weighted by Crippen LogP contribution is -2.30. The lowest BCUT2D eigenvalue weighted by Gasteiger charge is -2.08. The van der Waals surface area contributed by atoms with Crippen LogP contribution in [0.25, 0.3) is 0 Å². The van der Waals surface area contributed by atoms with Crippen LogP contribution in [0.3, 0.4) is 0 Å². The lowest BCUT2D eigenvalue weighted by atomic mass is 10.2. The summed E-state index contributed by atoms with van der Waals surface area (Å²) in [6.45, 7) is -0.387. The number of esters is 1. The third-order valence-corrected chi connectivity index (χ3v) is 3.36. The van der Waals surface area contributed by atoms with Gasteiger partial charge in [0.15, 0.2) is 11.6 Å². The Morgan fingerprint density at radius 3 is 2.36 bits per heavy atom. The molecule has 2 aromatic rings. The zero-order chi connectivity index (χ0) is 18.2. The molecule has 2 aromatic carbocycles. The summed E-state index contributed by atoms with van der Waals surface area (Å²) in [6.07, 6.45) is 0. The summed E-state index contributed by atoms with van der Waals surface area (Å²) in [5.41, 5.74) is 0.874. The summed E-state index contributed by atoms with van der Waals surface area (Å²) >= 11 is 0. The first kappa shape index (κ1) is 18.3. The number of methoxy groups -OCH3 is 2. The Balaban J connectivity index is 1.80. The molecule has 0 aliphatic heterocycles. The fourth-order valence-corrected chi connectivity index (χ4v) is 2.01. The summed E-state index contributed by atoms with van der Waals surface area (Å²) in [4.78, 5) is 23.6. The molecule has 25 heavy (non-hydrogen) atoms. The van der Waals surface area contributed by atoms with Gasteiger partial charge in [0.2, 0.25) is 0 Å². The highest BCUT2D eigenvalue weighted by atomic mass is 19.1. The molecule has 0 atom stereocenters. The maximum atomic E-state index is 13.5. The minimum Gasteiger partial charge on any atom is -0.497 e. The fourth-order valence-electron chi connectivity index (χ4n) is 2.01. The number of hydrogen-bond donors (Lipinski definition) is 1. The number of halogens is 1. The second kappa shape index (κ2) is 8.68. The summed E-state index contributed by atoms with van der Waals surface area (Å²) < 4.78 is 28.3. The van der Waals surface area contributed by atoms with Crippen LogP contribution >= 0.6 is 0 Å². The average molecular weight is 347 g/mol. The molecular weight excluding hydrogens is 329 g/mol. The molecule has 132 valence electrons. The summed E-state index contributed by atoms with van der Waals surface area (Å²) in [5.74, 6) is -0.832. The molecule has 7 heteroatoms. The van der Waals surface area contributed by atoms with Crippen LogP contribution in [-0.2, 0) is 16.1 Å². The number of hydrogen-bond acceptors (Lipinski definition) is 5. The molecule has 0 saturated heterocycles. The first-order valence-electron chi connectivity index (χ1n) is 7.43. The Morgan fingerprint density at radius 2 is 1.76 bits per heavy atom. The second-order valence-corrected chi connectivity index (χ2v) is 5.04. The van der Waals surface area contributed by atoms with Crippen LogP contribution in [0, 0.1) is 5.82 Å². The van der Waals surface area contributed by atoms with Gasteiger partial charge >= 0.3 is 5.97 Å². The van der Waals surface area contributed by atoms with E-state index >= 15 is 0 Å². The van der Waals surface area contributed by atoms with E-state index < -0.39 is 17.7 Å². The normalized spacial score (nSPS) is 10.0.